The van der Waals surface area contributed by atoms with Crippen LogP contribution >= 0.6 is 11.6 Å². The summed E-state index contributed by atoms with van der Waals surface area (Å²) >= 11 is 6.46. The van der Waals surface area contributed by atoms with Crippen molar-refractivity contribution in [2.45, 2.75) is 12.5 Å². The second kappa shape index (κ2) is 7.53. The molecule has 140 valence electrons. The number of hydrogen-bond donors (Lipinski definition) is 1. The van der Waals surface area contributed by atoms with Gasteiger partial charge in [-0.2, -0.15) is 0 Å². The van der Waals surface area contributed by atoms with Crippen LogP contribution < -0.4 is 10.1 Å². The Morgan fingerprint density at radius 1 is 0.929 bits per heavy atom. The monoisotopic (exact) mass is 388 g/mol. The summed E-state index contributed by atoms with van der Waals surface area (Å²) in [6, 6.07) is 24.4. The molecular formula is C24H21ClN2O. The number of halogens is 1. The third-order valence-corrected chi connectivity index (χ3v) is 5.26. The van der Waals surface area contributed by atoms with Crippen molar-refractivity contribution in [3.8, 4) is 5.75 Å². The molecule has 3 aromatic carbocycles. The molecule has 4 heteroatoms. The number of ether oxygens (including phenoxy) is 1. The van der Waals surface area contributed by atoms with E-state index in [0.717, 1.165) is 22.5 Å². The maximum atomic E-state index is 6.46. The van der Waals surface area contributed by atoms with Crippen LogP contribution in [0.4, 0.5) is 0 Å². The van der Waals surface area contributed by atoms with Gasteiger partial charge in [0.2, 0.25) is 0 Å². The summed E-state index contributed by atoms with van der Waals surface area (Å²) in [7, 11) is 1.62. The first-order valence-electron chi connectivity index (χ1n) is 9.13. The lowest BCUT2D eigenvalue weighted by molar-refractivity contribution is 0.414. The fourth-order valence-corrected chi connectivity index (χ4v) is 3.69. The van der Waals surface area contributed by atoms with Crippen molar-refractivity contribution >= 4 is 17.4 Å². The molecule has 3 aromatic rings. The van der Waals surface area contributed by atoms with E-state index in [-0.39, 0.29) is 0 Å². The molecule has 0 amide bonds. The molecule has 3 nitrogen and oxygen atoms in total. The maximum Gasteiger partial charge on any atom is 0.137 e. The van der Waals surface area contributed by atoms with Gasteiger partial charge in [-0.15, -0.1) is 0 Å². The van der Waals surface area contributed by atoms with Gasteiger partial charge in [-0.1, -0.05) is 77.8 Å². The molecule has 0 aliphatic carbocycles. The number of hydrogen-bond acceptors (Lipinski definition) is 3. The van der Waals surface area contributed by atoms with Gasteiger partial charge >= 0.3 is 0 Å². The van der Waals surface area contributed by atoms with Crippen molar-refractivity contribution in [2.24, 2.45) is 4.99 Å². The highest BCUT2D eigenvalue weighted by molar-refractivity contribution is 6.32. The van der Waals surface area contributed by atoms with Gasteiger partial charge < -0.3 is 10.1 Å². The predicted octanol–water partition coefficient (Wildman–Crippen LogP) is 5.46. The SMILES string of the molecule is COc1ccc(C2(c3ccccc3)C=CNC(c3ccc(C)cc3)=N2)cc1Cl. The summed E-state index contributed by atoms with van der Waals surface area (Å²) < 4.78 is 5.33. The first kappa shape index (κ1) is 18.3. The number of aliphatic imine (C=N–C) groups is 1. The van der Waals surface area contributed by atoms with Crippen LogP contribution in [0.15, 0.2) is 90.1 Å². The molecule has 0 saturated carbocycles. The largest absolute Gasteiger partial charge is 0.495 e. The van der Waals surface area contributed by atoms with Crippen molar-refractivity contribution in [3.05, 3.63) is 112 Å². The van der Waals surface area contributed by atoms with E-state index in [1.54, 1.807) is 7.11 Å². The fraction of sp³-hybridized carbons (Fsp3) is 0.125. The van der Waals surface area contributed by atoms with Crippen LogP contribution in [-0.2, 0) is 5.54 Å². The Morgan fingerprint density at radius 2 is 1.68 bits per heavy atom. The second-order valence-electron chi connectivity index (χ2n) is 6.79. The third-order valence-electron chi connectivity index (χ3n) is 4.96. The lowest BCUT2D eigenvalue weighted by atomic mass is 9.82. The molecule has 1 unspecified atom stereocenters. The Morgan fingerprint density at radius 3 is 2.36 bits per heavy atom. The van der Waals surface area contributed by atoms with Crippen LogP contribution in [0.2, 0.25) is 5.02 Å². The summed E-state index contributed by atoms with van der Waals surface area (Å²) in [5.41, 5.74) is 3.62. The van der Waals surface area contributed by atoms with Crippen LogP contribution in [0.5, 0.6) is 5.75 Å². The van der Waals surface area contributed by atoms with Crippen molar-refractivity contribution in [2.75, 3.05) is 7.11 Å². The van der Waals surface area contributed by atoms with Gasteiger partial charge in [-0.25, -0.2) is 4.99 Å². The molecule has 0 fully saturated rings. The minimum absolute atomic E-state index is 0.564. The number of aryl methyl sites for hydroxylation is 1. The number of benzene rings is 3. The zero-order valence-corrected chi connectivity index (χ0v) is 16.6. The molecule has 0 radical (unpaired) electrons. The van der Waals surface area contributed by atoms with E-state index < -0.39 is 5.54 Å². The normalized spacial score (nSPS) is 18.3. The quantitative estimate of drug-likeness (QED) is 0.643. The van der Waals surface area contributed by atoms with Crippen molar-refractivity contribution in [1.29, 1.82) is 0 Å². The van der Waals surface area contributed by atoms with Crippen LogP contribution in [0.1, 0.15) is 22.3 Å². The number of nitrogens with one attached hydrogen (secondary N) is 1. The molecule has 4 rings (SSSR count). The predicted molar refractivity (Wildman–Crippen MR) is 115 cm³/mol. The first-order valence-corrected chi connectivity index (χ1v) is 9.51. The summed E-state index contributed by atoms with van der Waals surface area (Å²) in [5, 5.41) is 3.86. The van der Waals surface area contributed by atoms with E-state index in [1.165, 1.54) is 5.56 Å². The molecule has 1 N–H and O–H groups in total. The Bertz CT molecular complexity index is 1040. The average Bonchev–Trinajstić information content (AvgIpc) is 2.75. The lowest BCUT2D eigenvalue weighted by Gasteiger charge is -2.32. The zero-order chi connectivity index (χ0) is 19.6. The summed E-state index contributed by atoms with van der Waals surface area (Å²) in [5.74, 6) is 1.47. The topological polar surface area (TPSA) is 33.6 Å². The molecule has 1 aliphatic rings. The minimum Gasteiger partial charge on any atom is -0.495 e. The van der Waals surface area contributed by atoms with Crippen LogP contribution in [0.25, 0.3) is 0 Å². The van der Waals surface area contributed by atoms with Crippen molar-refractivity contribution < 1.29 is 4.74 Å². The highest BCUT2D eigenvalue weighted by Crippen LogP contribution is 2.40. The first-order chi connectivity index (χ1) is 13.6. The highest BCUT2D eigenvalue weighted by Gasteiger charge is 2.34. The van der Waals surface area contributed by atoms with Gasteiger partial charge in [0, 0.05) is 11.8 Å². The lowest BCUT2D eigenvalue weighted by Crippen LogP contribution is -2.33. The number of amidine groups is 1. The number of methoxy groups -OCH3 is 1. The number of rotatable bonds is 4. The van der Waals surface area contributed by atoms with Gasteiger partial charge in [-0.3, -0.25) is 0 Å². The number of nitrogens with zero attached hydrogens (tertiary/aromatic N) is 1. The van der Waals surface area contributed by atoms with E-state index in [2.05, 4.69) is 54.7 Å². The molecule has 1 atom stereocenters. The molecule has 0 saturated heterocycles. The average molecular weight is 389 g/mol. The van der Waals surface area contributed by atoms with Gasteiger partial charge in [-0.05, 0) is 36.3 Å². The van der Waals surface area contributed by atoms with Gasteiger partial charge in [0.05, 0.1) is 12.1 Å². The zero-order valence-electron chi connectivity index (χ0n) is 15.8. The summed E-state index contributed by atoms with van der Waals surface area (Å²) in [4.78, 5) is 5.17. The molecule has 28 heavy (non-hydrogen) atoms. The Kier molecular flexibility index (Phi) is 4.93. The Balaban J connectivity index is 1.91. The minimum atomic E-state index is -0.678. The van der Waals surface area contributed by atoms with Crippen molar-refractivity contribution in [3.63, 3.8) is 0 Å². The second-order valence-corrected chi connectivity index (χ2v) is 7.19. The van der Waals surface area contributed by atoms with Gasteiger partial charge in [0.25, 0.3) is 0 Å². The van der Waals surface area contributed by atoms with Crippen LogP contribution in [0, 0.1) is 6.92 Å². The van der Waals surface area contributed by atoms with E-state index in [4.69, 9.17) is 21.3 Å². The van der Waals surface area contributed by atoms with Crippen molar-refractivity contribution in [1.82, 2.24) is 5.32 Å². The Hall–Kier alpha value is -3.04. The van der Waals surface area contributed by atoms with E-state index in [0.29, 0.717) is 10.8 Å². The van der Waals surface area contributed by atoms with Gasteiger partial charge in [0.1, 0.15) is 17.1 Å². The molecule has 0 spiro atoms. The third kappa shape index (κ3) is 3.30. The smallest absolute Gasteiger partial charge is 0.137 e. The molecule has 0 aromatic heterocycles. The van der Waals surface area contributed by atoms with Crippen LogP contribution in [0.3, 0.4) is 0 Å². The molecule has 1 heterocycles. The summed E-state index contributed by atoms with van der Waals surface area (Å²) in [6.45, 7) is 2.08. The fourth-order valence-electron chi connectivity index (χ4n) is 3.43. The molecule has 0 bridgehead atoms. The van der Waals surface area contributed by atoms with E-state index in [1.807, 2.05) is 42.6 Å². The molecular weight excluding hydrogens is 368 g/mol. The van der Waals surface area contributed by atoms with E-state index in [9.17, 15) is 0 Å². The van der Waals surface area contributed by atoms with E-state index >= 15 is 0 Å². The highest BCUT2D eigenvalue weighted by atomic mass is 35.5. The molecule has 1 aliphatic heterocycles. The Labute approximate surface area is 170 Å². The van der Waals surface area contributed by atoms with Gasteiger partial charge in [0.15, 0.2) is 0 Å². The standard InChI is InChI=1S/C24H21ClN2O/c1-17-8-10-18(11-9-17)23-26-15-14-24(27-23,19-6-4-3-5-7-19)20-12-13-22(28-2)21(25)16-20/h3-16H,1-2H3,(H,26,27). The van der Waals surface area contributed by atoms with Crippen LogP contribution in [-0.4, -0.2) is 12.9 Å². The maximum absolute atomic E-state index is 6.46. The summed E-state index contributed by atoms with van der Waals surface area (Å²) in [6.07, 6.45) is 4.02.